The summed E-state index contributed by atoms with van der Waals surface area (Å²) < 4.78 is 16.2. The summed E-state index contributed by atoms with van der Waals surface area (Å²) in [5.41, 5.74) is -0.409. The number of rotatable bonds is 9. The Morgan fingerprint density at radius 3 is 2.12 bits per heavy atom. The van der Waals surface area contributed by atoms with Gasteiger partial charge in [-0.05, 0) is 12.3 Å². The Balaban J connectivity index is 3.37. The topological polar surface area (TPSA) is 49.4 Å². The molecule has 16 heavy (non-hydrogen) atoms. The van der Waals surface area contributed by atoms with Gasteiger partial charge in [0.05, 0.1) is 6.61 Å². The predicted octanol–water partition coefficient (Wildman–Crippen LogP) is 3.57. The summed E-state index contributed by atoms with van der Waals surface area (Å²) in [6.45, 7) is 8.09. The summed E-state index contributed by atoms with van der Waals surface area (Å²) in [4.78, 5) is 11.3. The van der Waals surface area contributed by atoms with Gasteiger partial charge in [-0.15, -0.1) is 0 Å². The van der Waals surface area contributed by atoms with Crippen molar-refractivity contribution >= 4 is 7.60 Å². The summed E-state index contributed by atoms with van der Waals surface area (Å²) in [7, 11) is -3.59. The van der Waals surface area contributed by atoms with Gasteiger partial charge < -0.3 is 14.0 Å². The Labute approximate surface area is 100 Å². The Morgan fingerprint density at radius 1 is 1.06 bits per heavy atom. The first kappa shape index (κ1) is 16.1. The van der Waals surface area contributed by atoms with Crippen LogP contribution in [0.15, 0.2) is 0 Å². The van der Waals surface area contributed by atoms with Crippen molar-refractivity contribution in [3.8, 4) is 0 Å². The van der Waals surface area contributed by atoms with Gasteiger partial charge in [-0.1, -0.05) is 53.4 Å². The summed E-state index contributed by atoms with van der Waals surface area (Å²) >= 11 is 0. The molecule has 1 atom stereocenters. The van der Waals surface area contributed by atoms with Gasteiger partial charge in [-0.3, -0.25) is 0 Å². The highest BCUT2D eigenvalue weighted by Gasteiger charge is 2.12. The fourth-order valence-corrected chi connectivity index (χ4v) is 2.03. The second-order valence-corrected chi connectivity index (χ2v) is 7.43. The third-order valence-electron chi connectivity index (χ3n) is 2.58. The van der Waals surface area contributed by atoms with Gasteiger partial charge in [0.2, 0.25) is 0 Å². The smallest absolute Gasteiger partial charge is 0.137 e. The molecule has 0 saturated heterocycles. The highest BCUT2D eigenvalue weighted by atomic mass is 31.2. The van der Waals surface area contributed by atoms with Crippen LogP contribution in [-0.2, 0) is 9.09 Å². The first-order valence-corrected chi connectivity index (χ1v) is 7.92. The largest absolute Gasteiger partial charge is 0.778 e. The highest BCUT2D eigenvalue weighted by Crippen LogP contribution is 2.42. The van der Waals surface area contributed by atoms with Gasteiger partial charge in [0.15, 0.2) is 0 Å². The molecule has 0 amide bonds. The van der Waals surface area contributed by atoms with Gasteiger partial charge in [-0.25, -0.2) is 0 Å². The molecule has 0 fully saturated rings. The molecule has 0 aliphatic heterocycles. The molecule has 0 saturated carbocycles. The lowest BCUT2D eigenvalue weighted by molar-refractivity contribution is -0.200. The molecule has 4 heteroatoms. The molecule has 0 aliphatic rings. The van der Waals surface area contributed by atoms with E-state index in [9.17, 15) is 9.46 Å². The molecule has 0 N–H and O–H groups in total. The van der Waals surface area contributed by atoms with E-state index < -0.39 is 13.3 Å². The molecular formula is C12H26O3P-. The van der Waals surface area contributed by atoms with Gasteiger partial charge in [0.1, 0.15) is 7.60 Å². The average Bonchev–Trinajstić information content (AvgIpc) is 2.15. The minimum absolute atomic E-state index is 0.348. The van der Waals surface area contributed by atoms with Crippen molar-refractivity contribution in [2.24, 2.45) is 5.92 Å². The van der Waals surface area contributed by atoms with Crippen LogP contribution in [0.5, 0.6) is 0 Å². The van der Waals surface area contributed by atoms with E-state index in [0.29, 0.717) is 6.61 Å². The van der Waals surface area contributed by atoms with Crippen molar-refractivity contribution < 1.29 is 14.0 Å². The zero-order chi connectivity index (χ0) is 12.6. The van der Waals surface area contributed by atoms with Gasteiger partial charge in [0, 0.05) is 5.66 Å². The zero-order valence-electron chi connectivity index (χ0n) is 11.1. The van der Waals surface area contributed by atoms with E-state index in [4.69, 9.17) is 4.52 Å². The van der Waals surface area contributed by atoms with Crippen molar-refractivity contribution in [2.45, 2.75) is 65.5 Å². The molecule has 0 heterocycles. The summed E-state index contributed by atoms with van der Waals surface area (Å²) in [6, 6.07) is 0. The normalized spacial score (nSPS) is 15.7. The first-order chi connectivity index (χ1) is 7.36. The van der Waals surface area contributed by atoms with E-state index in [1.807, 2.05) is 0 Å². The van der Waals surface area contributed by atoms with E-state index in [1.165, 1.54) is 19.3 Å². The lowest BCUT2D eigenvalue weighted by Crippen LogP contribution is -2.14. The second-order valence-electron chi connectivity index (χ2n) is 5.06. The van der Waals surface area contributed by atoms with Crippen molar-refractivity contribution in [1.82, 2.24) is 0 Å². The van der Waals surface area contributed by atoms with Crippen LogP contribution in [-0.4, -0.2) is 12.3 Å². The lowest BCUT2D eigenvalue weighted by Gasteiger charge is -2.26. The van der Waals surface area contributed by atoms with Crippen LogP contribution in [0.1, 0.15) is 59.8 Å². The number of hydrogen-bond acceptors (Lipinski definition) is 3. The Kier molecular flexibility index (Phi) is 8.35. The minimum Gasteiger partial charge on any atom is -0.778 e. The van der Waals surface area contributed by atoms with Gasteiger partial charge in [0.25, 0.3) is 0 Å². The molecule has 98 valence electrons. The highest BCUT2D eigenvalue weighted by molar-refractivity contribution is 7.52. The summed E-state index contributed by atoms with van der Waals surface area (Å²) in [6.07, 6.45) is 5.57. The third kappa shape index (κ3) is 8.32. The number of unbranched alkanes of at least 4 members (excludes halogenated alkanes) is 3. The quantitative estimate of drug-likeness (QED) is 0.463. The molecule has 0 aromatic heterocycles. The van der Waals surface area contributed by atoms with E-state index in [2.05, 4.69) is 13.8 Å². The third-order valence-corrected chi connectivity index (χ3v) is 4.39. The molecular weight excluding hydrogens is 223 g/mol. The maximum absolute atomic E-state index is 11.3. The lowest BCUT2D eigenvalue weighted by atomic mass is 10.0. The molecule has 0 bridgehead atoms. The maximum atomic E-state index is 11.3. The Hall–Kier alpha value is 0.150. The molecule has 3 nitrogen and oxygen atoms in total. The summed E-state index contributed by atoms with van der Waals surface area (Å²) in [5.74, 6) is 0.763. The molecule has 1 unspecified atom stereocenters. The van der Waals surface area contributed by atoms with Crippen molar-refractivity contribution in [1.29, 1.82) is 0 Å². The zero-order valence-corrected chi connectivity index (χ0v) is 12.0. The van der Waals surface area contributed by atoms with Crippen LogP contribution >= 0.6 is 7.60 Å². The van der Waals surface area contributed by atoms with Crippen LogP contribution in [0.4, 0.5) is 0 Å². The van der Waals surface area contributed by atoms with Crippen LogP contribution in [0, 0.1) is 5.92 Å². The monoisotopic (exact) mass is 249 g/mol. The van der Waals surface area contributed by atoms with Crippen molar-refractivity contribution in [3.63, 3.8) is 0 Å². The second kappa shape index (κ2) is 8.27. The molecule has 0 rings (SSSR count). The van der Waals surface area contributed by atoms with Crippen molar-refractivity contribution in [3.05, 3.63) is 0 Å². The fraction of sp³-hybridized carbons (Fsp3) is 1.00. The van der Waals surface area contributed by atoms with Gasteiger partial charge >= 0.3 is 0 Å². The van der Waals surface area contributed by atoms with E-state index in [1.54, 1.807) is 13.8 Å². The Bertz CT molecular complexity index is 214. The maximum Gasteiger partial charge on any atom is 0.137 e. The van der Waals surface area contributed by atoms with Crippen LogP contribution in [0.2, 0.25) is 0 Å². The molecule has 0 aromatic rings. The molecule has 0 spiro atoms. The van der Waals surface area contributed by atoms with Crippen molar-refractivity contribution in [2.75, 3.05) is 6.61 Å². The predicted molar refractivity (Wildman–Crippen MR) is 66.6 cm³/mol. The fourth-order valence-electron chi connectivity index (χ4n) is 1.35. The minimum atomic E-state index is -3.59. The average molecular weight is 249 g/mol. The standard InChI is InChI=1S/C12H27O3P/c1-11(2)9-7-5-6-8-10-15-16(13,14)12(3)4/h11-12H,5-10H2,1-4H3,(H,13,14)/p-1. The first-order valence-electron chi connectivity index (χ1n) is 6.31. The van der Waals surface area contributed by atoms with E-state index >= 15 is 0 Å². The van der Waals surface area contributed by atoms with E-state index in [0.717, 1.165) is 18.8 Å². The van der Waals surface area contributed by atoms with Crippen LogP contribution < -0.4 is 4.89 Å². The Morgan fingerprint density at radius 2 is 1.62 bits per heavy atom. The molecule has 0 aliphatic carbocycles. The number of hydrogen-bond donors (Lipinski definition) is 0. The van der Waals surface area contributed by atoms with Gasteiger partial charge in [-0.2, -0.15) is 0 Å². The van der Waals surface area contributed by atoms with E-state index in [-0.39, 0.29) is 0 Å². The molecule has 0 radical (unpaired) electrons. The van der Waals surface area contributed by atoms with Crippen LogP contribution in [0.3, 0.4) is 0 Å². The summed E-state index contributed by atoms with van der Waals surface area (Å²) in [5, 5.41) is 0. The SMILES string of the molecule is CC(C)CCCCCCOP(=O)([O-])C(C)C. The molecule has 0 aromatic carbocycles. The van der Waals surface area contributed by atoms with Crippen LogP contribution in [0.25, 0.3) is 0 Å².